The summed E-state index contributed by atoms with van der Waals surface area (Å²) in [4.78, 5) is 2.42. The molecular formula is C20H21N3O2S. The molecule has 5 nitrogen and oxygen atoms in total. The van der Waals surface area contributed by atoms with Crippen LogP contribution < -0.4 is 0 Å². The molecule has 0 amide bonds. The van der Waals surface area contributed by atoms with Crippen molar-refractivity contribution >= 4 is 16.1 Å². The smallest absolute Gasteiger partial charge is 0.243 e. The quantitative estimate of drug-likeness (QED) is 0.815. The van der Waals surface area contributed by atoms with Gasteiger partial charge >= 0.3 is 0 Å². The van der Waals surface area contributed by atoms with Crippen molar-refractivity contribution in [1.29, 1.82) is 5.26 Å². The van der Waals surface area contributed by atoms with E-state index in [1.807, 2.05) is 24.3 Å². The first-order chi connectivity index (χ1) is 12.6. The van der Waals surface area contributed by atoms with Gasteiger partial charge in [0, 0.05) is 32.7 Å². The Morgan fingerprint density at radius 2 is 1.73 bits per heavy atom. The molecule has 0 bridgehead atoms. The second-order valence-corrected chi connectivity index (χ2v) is 8.10. The molecule has 6 heteroatoms. The van der Waals surface area contributed by atoms with E-state index in [9.17, 15) is 8.42 Å². The van der Waals surface area contributed by atoms with Crippen LogP contribution in [0.3, 0.4) is 0 Å². The lowest BCUT2D eigenvalue weighted by molar-refractivity contribution is 0.204. The molecule has 0 aromatic heterocycles. The van der Waals surface area contributed by atoms with Crippen LogP contribution in [0.4, 0.5) is 0 Å². The van der Waals surface area contributed by atoms with Crippen molar-refractivity contribution in [3.63, 3.8) is 0 Å². The molecule has 26 heavy (non-hydrogen) atoms. The molecule has 1 aliphatic rings. The Labute approximate surface area is 154 Å². The summed E-state index contributed by atoms with van der Waals surface area (Å²) < 4.78 is 27.0. The van der Waals surface area contributed by atoms with Crippen LogP contribution in [-0.4, -0.2) is 50.3 Å². The van der Waals surface area contributed by atoms with Gasteiger partial charge in [0.2, 0.25) is 10.0 Å². The molecular weight excluding hydrogens is 346 g/mol. The zero-order chi connectivity index (χ0) is 18.4. The SMILES string of the molecule is N#Cc1cccc(S(=O)(=O)N2CCN(C/C=C/c3ccccc3)CC2)c1. The minimum absolute atomic E-state index is 0.189. The summed E-state index contributed by atoms with van der Waals surface area (Å²) in [6.45, 7) is 3.09. The number of benzene rings is 2. The van der Waals surface area contributed by atoms with Crippen LogP contribution in [0, 0.1) is 11.3 Å². The van der Waals surface area contributed by atoms with Crippen LogP contribution in [0.5, 0.6) is 0 Å². The summed E-state index contributed by atoms with van der Waals surface area (Å²) >= 11 is 0. The molecule has 3 rings (SSSR count). The summed E-state index contributed by atoms with van der Waals surface area (Å²) in [5, 5.41) is 8.97. The van der Waals surface area contributed by atoms with Crippen LogP contribution in [0.2, 0.25) is 0 Å². The fraction of sp³-hybridized carbons (Fsp3) is 0.250. The van der Waals surface area contributed by atoms with E-state index in [-0.39, 0.29) is 4.90 Å². The molecule has 0 atom stereocenters. The Kier molecular flexibility index (Phi) is 5.84. The molecule has 0 spiro atoms. The number of nitrogens with zero attached hydrogens (tertiary/aromatic N) is 3. The maximum Gasteiger partial charge on any atom is 0.243 e. The van der Waals surface area contributed by atoms with E-state index in [1.54, 1.807) is 18.2 Å². The third-order valence-corrected chi connectivity index (χ3v) is 6.30. The van der Waals surface area contributed by atoms with E-state index < -0.39 is 10.0 Å². The van der Waals surface area contributed by atoms with Gasteiger partial charge in [0.15, 0.2) is 0 Å². The minimum atomic E-state index is -3.54. The average Bonchev–Trinajstić information content (AvgIpc) is 2.69. The number of piperazine rings is 1. The van der Waals surface area contributed by atoms with Crippen LogP contribution in [0.25, 0.3) is 6.08 Å². The first kappa shape index (κ1) is 18.3. The van der Waals surface area contributed by atoms with E-state index in [0.29, 0.717) is 31.7 Å². The highest BCUT2D eigenvalue weighted by Gasteiger charge is 2.28. The highest BCUT2D eigenvalue weighted by molar-refractivity contribution is 7.89. The van der Waals surface area contributed by atoms with Crippen molar-refractivity contribution in [2.75, 3.05) is 32.7 Å². The Balaban J connectivity index is 1.57. The molecule has 0 N–H and O–H groups in total. The van der Waals surface area contributed by atoms with Crippen LogP contribution in [0.1, 0.15) is 11.1 Å². The molecule has 1 fully saturated rings. The van der Waals surface area contributed by atoms with Crippen molar-refractivity contribution in [2.24, 2.45) is 0 Å². The highest BCUT2D eigenvalue weighted by Crippen LogP contribution is 2.18. The summed E-state index contributed by atoms with van der Waals surface area (Å²) in [7, 11) is -3.54. The molecule has 0 radical (unpaired) electrons. The Morgan fingerprint density at radius 3 is 2.42 bits per heavy atom. The van der Waals surface area contributed by atoms with E-state index in [0.717, 1.165) is 12.1 Å². The third kappa shape index (κ3) is 4.38. The van der Waals surface area contributed by atoms with E-state index in [4.69, 9.17) is 5.26 Å². The van der Waals surface area contributed by atoms with Gasteiger partial charge in [0.1, 0.15) is 0 Å². The van der Waals surface area contributed by atoms with Gasteiger partial charge < -0.3 is 0 Å². The summed E-state index contributed by atoms with van der Waals surface area (Å²) in [6, 6.07) is 18.3. The Morgan fingerprint density at radius 1 is 1.00 bits per heavy atom. The van der Waals surface area contributed by atoms with E-state index in [1.165, 1.54) is 10.4 Å². The molecule has 1 heterocycles. The van der Waals surface area contributed by atoms with Crippen LogP contribution in [0.15, 0.2) is 65.6 Å². The van der Waals surface area contributed by atoms with Crippen LogP contribution >= 0.6 is 0 Å². The minimum Gasteiger partial charge on any atom is -0.297 e. The zero-order valence-electron chi connectivity index (χ0n) is 14.5. The van der Waals surface area contributed by atoms with Gasteiger partial charge in [-0.05, 0) is 23.8 Å². The molecule has 1 aliphatic heterocycles. The molecule has 0 unspecified atom stereocenters. The van der Waals surface area contributed by atoms with E-state index in [2.05, 4.69) is 29.2 Å². The molecule has 0 saturated carbocycles. The standard InChI is InChI=1S/C20H21N3O2S/c21-17-19-8-4-10-20(16-19)26(24,25)23-14-12-22(13-15-23)11-5-9-18-6-2-1-3-7-18/h1-10,16H,11-15H2/b9-5+. The maximum absolute atomic E-state index is 12.7. The van der Waals surface area contributed by atoms with Crippen molar-refractivity contribution in [1.82, 2.24) is 9.21 Å². The maximum atomic E-state index is 12.7. The predicted octanol–water partition coefficient (Wildman–Crippen LogP) is 2.58. The predicted molar refractivity (Wildman–Crippen MR) is 102 cm³/mol. The van der Waals surface area contributed by atoms with Crippen molar-refractivity contribution in [3.8, 4) is 6.07 Å². The highest BCUT2D eigenvalue weighted by atomic mass is 32.2. The average molecular weight is 367 g/mol. The number of hydrogen-bond donors (Lipinski definition) is 0. The molecule has 134 valence electrons. The fourth-order valence-corrected chi connectivity index (χ4v) is 4.40. The molecule has 0 aliphatic carbocycles. The van der Waals surface area contributed by atoms with Gasteiger partial charge in [0.25, 0.3) is 0 Å². The zero-order valence-corrected chi connectivity index (χ0v) is 15.3. The summed E-state index contributed by atoms with van der Waals surface area (Å²) in [6.07, 6.45) is 4.19. The lowest BCUT2D eigenvalue weighted by Gasteiger charge is -2.33. The number of nitriles is 1. The Hall–Kier alpha value is -2.46. The topological polar surface area (TPSA) is 64.4 Å². The second kappa shape index (κ2) is 8.28. The monoisotopic (exact) mass is 367 g/mol. The molecule has 2 aromatic rings. The van der Waals surface area contributed by atoms with Crippen LogP contribution in [-0.2, 0) is 10.0 Å². The number of sulfonamides is 1. The van der Waals surface area contributed by atoms with E-state index >= 15 is 0 Å². The van der Waals surface area contributed by atoms with Gasteiger partial charge in [-0.3, -0.25) is 4.90 Å². The molecule has 1 saturated heterocycles. The first-order valence-corrected chi connectivity index (χ1v) is 9.98. The van der Waals surface area contributed by atoms with Gasteiger partial charge in [-0.2, -0.15) is 9.57 Å². The second-order valence-electron chi connectivity index (χ2n) is 6.16. The summed E-state index contributed by atoms with van der Waals surface area (Å²) in [5.74, 6) is 0. The van der Waals surface area contributed by atoms with Gasteiger partial charge in [0.05, 0.1) is 16.5 Å². The molecule has 2 aromatic carbocycles. The number of hydrogen-bond acceptors (Lipinski definition) is 4. The van der Waals surface area contributed by atoms with Gasteiger partial charge in [-0.15, -0.1) is 0 Å². The lowest BCUT2D eigenvalue weighted by atomic mass is 10.2. The third-order valence-electron chi connectivity index (χ3n) is 4.41. The Bertz CT molecular complexity index is 910. The van der Waals surface area contributed by atoms with Crippen molar-refractivity contribution in [2.45, 2.75) is 4.90 Å². The fourth-order valence-electron chi connectivity index (χ4n) is 2.93. The first-order valence-electron chi connectivity index (χ1n) is 8.54. The van der Waals surface area contributed by atoms with Crippen molar-refractivity contribution < 1.29 is 8.42 Å². The van der Waals surface area contributed by atoms with Gasteiger partial charge in [-0.1, -0.05) is 48.6 Å². The van der Waals surface area contributed by atoms with Gasteiger partial charge in [-0.25, -0.2) is 8.42 Å². The normalized spacial score (nSPS) is 16.6. The lowest BCUT2D eigenvalue weighted by Crippen LogP contribution is -2.48. The largest absolute Gasteiger partial charge is 0.297 e. The number of rotatable bonds is 5. The van der Waals surface area contributed by atoms with Crippen molar-refractivity contribution in [3.05, 3.63) is 71.8 Å². The summed E-state index contributed by atoms with van der Waals surface area (Å²) in [5.41, 5.74) is 1.52.